The fraction of sp³-hybridized carbons (Fsp3) is 1.00. The maximum absolute atomic E-state index is 9.33. The summed E-state index contributed by atoms with van der Waals surface area (Å²) in [6.45, 7) is 9.10. The molecule has 4 unspecified atom stereocenters. The van der Waals surface area contributed by atoms with Crippen LogP contribution in [0, 0.1) is 17.8 Å². The lowest BCUT2D eigenvalue weighted by Crippen LogP contribution is -2.09. The first kappa shape index (κ1) is 17.4. The zero-order valence-corrected chi connectivity index (χ0v) is 13.7. The first-order valence-electron chi connectivity index (χ1n) is 7.29. The first-order chi connectivity index (χ1) is 7.97. The van der Waals surface area contributed by atoms with Crippen LogP contribution in [-0.4, -0.2) is 10.1 Å². The average molecular weight is 307 g/mol. The number of hydrogen-bond donors (Lipinski definition) is 1. The number of halogens is 1. The predicted molar refractivity (Wildman–Crippen MR) is 80.4 cm³/mol. The summed E-state index contributed by atoms with van der Waals surface area (Å²) >= 11 is 3.23. The maximum Gasteiger partial charge on any atom is 0.111 e. The normalized spacial score (nSPS) is 18.7. The fourth-order valence-corrected chi connectivity index (χ4v) is 2.35. The summed E-state index contributed by atoms with van der Waals surface area (Å²) in [4.78, 5) is 0. The minimum Gasteiger partial charge on any atom is -0.382 e. The van der Waals surface area contributed by atoms with Gasteiger partial charge in [-0.3, -0.25) is 0 Å². The maximum atomic E-state index is 9.33. The zero-order valence-electron chi connectivity index (χ0n) is 12.1. The van der Waals surface area contributed by atoms with Gasteiger partial charge in [0.15, 0.2) is 0 Å². The van der Waals surface area contributed by atoms with E-state index in [1.54, 1.807) is 0 Å². The van der Waals surface area contributed by atoms with Crippen LogP contribution in [0.15, 0.2) is 0 Å². The van der Waals surface area contributed by atoms with Crippen molar-refractivity contribution in [3.63, 3.8) is 0 Å². The molecule has 0 rings (SSSR count). The second-order valence-electron chi connectivity index (χ2n) is 5.83. The summed E-state index contributed by atoms with van der Waals surface area (Å²) in [7, 11) is 0. The lowest BCUT2D eigenvalue weighted by Gasteiger charge is -2.16. The van der Waals surface area contributed by atoms with Gasteiger partial charge in [0.1, 0.15) is 5.01 Å². The van der Waals surface area contributed by atoms with Crippen LogP contribution in [0.2, 0.25) is 0 Å². The van der Waals surface area contributed by atoms with Crippen molar-refractivity contribution in [2.45, 2.75) is 77.7 Å². The summed E-state index contributed by atoms with van der Waals surface area (Å²) in [5.74, 6) is 2.12. The van der Waals surface area contributed by atoms with Crippen LogP contribution in [0.1, 0.15) is 72.6 Å². The minimum atomic E-state index is -0.330. The fourth-order valence-electron chi connectivity index (χ4n) is 2.09. The molecule has 0 aromatic carbocycles. The third-order valence-corrected chi connectivity index (χ3v) is 4.82. The third kappa shape index (κ3) is 10.1. The van der Waals surface area contributed by atoms with E-state index in [1.165, 1.54) is 38.5 Å². The van der Waals surface area contributed by atoms with Gasteiger partial charge in [0, 0.05) is 0 Å². The van der Waals surface area contributed by atoms with E-state index < -0.39 is 0 Å². The van der Waals surface area contributed by atoms with Crippen molar-refractivity contribution in [3.05, 3.63) is 0 Å². The molecule has 1 N–H and O–H groups in total. The Balaban J connectivity index is 3.43. The van der Waals surface area contributed by atoms with Crippen LogP contribution in [0.4, 0.5) is 0 Å². The van der Waals surface area contributed by atoms with Crippen LogP contribution < -0.4 is 0 Å². The molecule has 0 fully saturated rings. The lowest BCUT2D eigenvalue weighted by atomic mass is 9.93. The summed E-state index contributed by atoms with van der Waals surface area (Å²) < 4.78 is 0. The molecular formula is C15H31BrO. The molecule has 0 saturated heterocycles. The van der Waals surface area contributed by atoms with Gasteiger partial charge >= 0.3 is 0 Å². The van der Waals surface area contributed by atoms with Gasteiger partial charge in [-0.1, -0.05) is 82.1 Å². The highest BCUT2D eigenvalue weighted by Crippen LogP contribution is 2.22. The molecule has 104 valence electrons. The smallest absolute Gasteiger partial charge is 0.111 e. The van der Waals surface area contributed by atoms with Crippen molar-refractivity contribution in [1.29, 1.82) is 0 Å². The van der Waals surface area contributed by atoms with Crippen molar-refractivity contribution < 1.29 is 5.11 Å². The lowest BCUT2D eigenvalue weighted by molar-refractivity contribution is 0.197. The van der Waals surface area contributed by atoms with Crippen LogP contribution >= 0.6 is 15.9 Å². The van der Waals surface area contributed by atoms with E-state index in [-0.39, 0.29) is 5.01 Å². The van der Waals surface area contributed by atoms with Crippen LogP contribution in [0.5, 0.6) is 0 Å². The Bertz CT molecular complexity index is 170. The van der Waals surface area contributed by atoms with Crippen molar-refractivity contribution >= 4 is 15.9 Å². The Labute approximate surface area is 117 Å². The predicted octanol–water partition coefficient (Wildman–Crippen LogP) is 5.36. The Morgan fingerprint density at radius 1 is 0.882 bits per heavy atom. The van der Waals surface area contributed by atoms with Crippen molar-refractivity contribution in [3.8, 4) is 0 Å². The molecule has 2 heteroatoms. The largest absolute Gasteiger partial charge is 0.382 e. The van der Waals surface area contributed by atoms with E-state index in [1.807, 2.05) is 0 Å². The molecule has 0 saturated carbocycles. The van der Waals surface area contributed by atoms with E-state index in [2.05, 4.69) is 43.6 Å². The monoisotopic (exact) mass is 306 g/mol. The Kier molecular flexibility index (Phi) is 10.6. The minimum absolute atomic E-state index is 0.330. The molecule has 0 radical (unpaired) electrons. The molecule has 0 spiro atoms. The molecule has 0 aromatic rings. The molecule has 4 atom stereocenters. The summed E-state index contributed by atoms with van der Waals surface area (Å²) in [6.07, 6.45) is 9.13. The van der Waals surface area contributed by atoms with Gasteiger partial charge in [-0.15, -0.1) is 0 Å². The van der Waals surface area contributed by atoms with E-state index in [4.69, 9.17) is 0 Å². The number of aliphatic hydroxyl groups is 1. The third-order valence-electron chi connectivity index (χ3n) is 3.92. The highest BCUT2D eigenvalue weighted by molar-refractivity contribution is 9.09. The van der Waals surface area contributed by atoms with Gasteiger partial charge in [-0.05, 0) is 24.2 Å². The van der Waals surface area contributed by atoms with E-state index >= 15 is 0 Å². The molecule has 0 aliphatic heterocycles. The van der Waals surface area contributed by atoms with Crippen molar-refractivity contribution in [2.75, 3.05) is 0 Å². The Morgan fingerprint density at radius 3 is 1.82 bits per heavy atom. The number of hydrogen-bond acceptors (Lipinski definition) is 1. The van der Waals surface area contributed by atoms with Gasteiger partial charge in [-0.25, -0.2) is 0 Å². The summed E-state index contributed by atoms with van der Waals surface area (Å²) in [6, 6.07) is 0. The topological polar surface area (TPSA) is 20.2 Å². The average Bonchev–Trinajstić information content (AvgIpc) is 2.28. The summed E-state index contributed by atoms with van der Waals surface area (Å²) in [5, 5.41) is 9.00. The van der Waals surface area contributed by atoms with Crippen LogP contribution in [0.3, 0.4) is 0 Å². The van der Waals surface area contributed by atoms with E-state index in [9.17, 15) is 5.11 Å². The van der Waals surface area contributed by atoms with Crippen LogP contribution in [0.25, 0.3) is 0 Å². The molecule has 0 heterocycles. The summed E-state index contributed by atoms with van der Waals surface area (Å²) in [5.41, 5.74) is 0. The van der Waals surface area contributed by atoms with Gasteiger partial charge in [-0.2, -0.15) is 0 Å². The van der Waals surface area contributed by atoms with Gasteiger partial charge < -0.3 is 5.11 Å². The van der Waals surface area contributed by atoms with E-state index in [0.29, 0.717) is 5.92 Å². The number of aliphatic hydroxyl groups excluding tert-OH is 1. The molecule has 1 nitrogen and oxygen atoms in total. The SMILES string of the molecule is CCC(C)CCCC(C)CCCC(C)C(O)Br. The molecule has 0 aliphatic rings. The van der Waals surface area contributed by atoms with Crippen LogP contribution in [-0.2, 0) is 0 Å². The molecule has 0 aromatic heterocycles. The highest BCUT2D eigenvalue weighted by Gasteiger charge is 2.11. The molecule has 0 aliphatic carbocycles. The molecule has 0 amide bonds. The Hall–Kier alpha value is 0.440. The van der Waals surface area contributed by atoms with Gasteiger partial charge in [0.2, 0.25) is 0 Å². The highest BCUT2D eigenvalue weighted by atomic mass is 79.9. The Morgan fingerprint density at radius 2 is 1.35 bits per heavy atom. The zero-order chi connectivity index (χ0) is 13.3. The number of alkyl halides is 1. The molecular weight excluding hydrogens is 276 g/mol. The second kappa shape index (κ2) is 10.4. The number of rotatable bonds is 10. The van der Waals surface area contributed by atoms with Gasteiger partial charge in [0.05, 0.1) is 0 Å². The van der Waals surface area contributed by atoms with Crippen molar-refractivity contribution in [1.82, 2.24) is 0 Å². The van der Waals surface area contributed by atoms with Crippen molar-refractivity contribution in [2.24, 2.45) is 17.8 Å². The first-order valence-corrected chi connectivity index (χ1v) is 8.21. The second-order valence-corrected chi connectivity index (χ2v) is 6.77. The van der Waals surface area contributed by atoms with E-state index in [0.717, 1.165) is 18.3 Å². The molecule has 17 heavy (non-hydrogen) atoms. The molecule has 0 bridgehead atoms. The quantitative estimate of drug-likeness (QED) is 0.539. The van der Waals surface area contributed by atoms with Gasteiger partial charge in [0.25, 0.3) is 0 Å². The standard InChI is InChI=1S/C15H31BrO/c1-5-12(2)8-6-9-13(3)10-7-11-14(4)15(16)17/h12-15,17H,5-11H2,1-4H3.